The Bertz CT molecular complexity index is 689. The summed E-state index contributed by atoms with van der Waals surface area (Å²) >= 11 is 0. The van der Waals surface area contributed by atoms with E-state index in [-0.39, 0.29) is 0 Å². The van der Waals surface area contributed by atoms with E-state index in [4.69, 9.17) is 10.5 Å². The van der Waals surface area contributed by atoms with Crippen molar-refractivity contribution in [2.45, 2.75) is 6.92 Å². The first-order valence-electron chi connectivity index (χ1n) is 5.45. The number of nitrogens with one attached hydrogen (secondary N) is 1. The summed E-state index contributed by atoms with van der Waals surface area (Å²) < 4.78 is 5.44. The molecule has 0 aliphatic carbocycles. The Morgan fingerprint density at radius 1 is 1.35 bits per heavy atom. The van der Waals surface area contributed by atoms with Crippen LogP contribution in [0, 0.1) is 0 Å². The number of anilines is 1. The van der Waals surface area contributed by atoms with Crippen LogP contribution >= 0.6 is 0 Å². The van der Waals surface area contributed by atoms with E-state index in [1.807, 2.05) is 31.2 Å². The van der Waals surface area contributed by atoms with Crippen molar-refractivity contribution in [2.75, 3.05) is 12.3 Å². The summed E-state index contributed by atoms with van der Waals surface area (Å²) in [4.78, 5) is 4.46. The van der Waals surface area contributed by atoms with Crippen molar-refractivity contribution in [3.8, 4) is 5.75 Å². The molecule has 0 aliphatic heterocycles. The maximum absolute atomic E-state index is 5.74. The second-order valence-corrected chi connectivity index (χ2v) is 3.78. The Hall–Kier alpha value is -2.30. The first kappa shape index (κ1) is 9.89. The molecule has 0 radical (unpaired) electrons. The van der Waals surface area contributed by atoms with Crippen LogP contribution in [0.1, 0.15) is 6.92 Å². The van der Waals surface area contributed by atoms with Crippen molar-refractivity contribution < 1.29 is 4.74 Å². The maximum atomic E-state index is 5.74. The van der Waals surface area contributed by atoms with E-state index in [9.17, 15) is 0 Å². The third kappa shape index (κ3) is 1.56. The normalized spacial score (nSPS) is 11.1. The van der Waals surface area contributed by atoms with Crippen LogP contribution in [0.2, 0.25) is 0 Å². The van der Waals surface area contributed by atoms with E-state index in [1.165, 1.54) is 0 Å². The van der Waals surface area contributed by atoms with Crippen molar-refractivity contribution in [1.82, 2.24) is 15.2 Å². The van der Waals surface area contributed by atoms with Gasteiger partial charge >= 0.3 is 0 Å². The highest BCUT2D eigenvalue weighted by molar-refractivity contribution is 5.96. The number of nitrogens with two attached hydrogens (primary N) is 1. The molecular formula is C12H12N4O. The quantitative estimate of drug-likeness (QED) is 0.704. The number of ether oxygens (including phenoxy) is 1. The van der Waals surface area contributed by atoms with Crippen LogP contribution in [0.4, 0.5) is 5.82 Å². The number of aromatic amines is 1. The lowest BCUT2D eigenvalue weighted by molar-refractivity contribution is 0.340. The first-order chi connectivity index (χ1) is 8.28. The lowest BCUT2D eigenvalue weighted by Crippen LogP contribution is -1.91. The van der Waals surface area contributed by atoms with Gasteiger partial charge in [-0.25, -0.2) is 4.98 Å². The fourth-order valence-corrected chi connectivity index (χ4v) is 1.86. The molecule has 3 rings (SSSR count). The Labute approximate surface area is 97.6 Å². The van der Waals surface area contributed by atoms with Crippen LogP contribution in [0.5, 0.6) is 5.75 Å². The number of H-pyrrole nitrogens is 1. The van der Waals surface area contributed by atoms with Gasteiger partial charge in [0.25, 0.3) is 0 Å². The Morgan fingerprint density at radius 3 is 3.06 bits per heavy atom. The summed E-state index contributed by atoms with van der Waals surface area (Å²) in [6.45, 7) is 2.60. The predicted molar refractivity (Wildman–Crippen MR) is 67.0 cm³/mol. The topological polar surface area (TPSA) is 76.8 Å². The first-order valence-corrected chi connectivity index (χ1v) is 5.45. The number of rotatable bonds is 2. The lowest BCUT2D eigenvalue weighted by atomic mass is 10.2. The molecule has 86 valence electrons. The molecular weight excluding hydrogens is 216 g/mol. The molecule has 0 spiro atoms. The van der Waals surface area contributed by atoms with Crippen LogP contribution in [0.3, 0.4) is 0 Å². The molecule has 1 aromatic carbocycles. The summed E-state index contributed by atoms with van der Waals surface area (Å²) in [5.41, 5.74) is 7.30. The molecule has 3 aromatic rings. The van der Waals surface area contributed by atoms with Crippen LogP contribution in [-0.4, -0.2) is 21.8 Å². The zero-order chi connectivity index (χ0) is 11.8. The van der Waals surface area contributed by atoms with Gasteiger partial charge in [0.05, 0.1) is 17.5 Å². The molecule has 3 N–H and O–H groups in total. The zero-order valence-corrected chi connectivity index (χ0v) is 9.40. The Morgan fingerprint density at radius 2 is 2.24 bits per heavy atom. The zero-order valence-electron chi connectivity index (χ0n) is 9.40. The summed E-state index contributed by atoms with van der Waals surface area (Å²) in [5, 5.41) is 8.61. The molecule has 5 heteroatoms. The second-order valence-electron chi connectivity index (χ2n) is 3.78. The summed E-state index contributed by atoms with van der Waals surface area (Å²) in [7, 11) is 0. The smallest absolute Gasteiger partial charge is 0.158 e. The molecule has 0 saturated heterocycles. The summed E-state index contributed by atoms with van der Waals surface area (Å²) in [6, 6.07) is 7.79. The molecule has 0 unspecified atom stereocenters. The third-order valence-electron chi connectivity index (χ3n) is 2.66. The van der Waals surface area contributed by atoms with Crippen LogP contribution in [0.15, 0.2) is 24.3 Å². The average Bonchev–Trinajstić information content (AvgIpc) is 2.68. The van der Waals surface area contributed by atoms with Crippen molar-refractivity contribution in [3.63, 3.8) is 0 Å². The van der Waals surface area contributed by atoms with Gasteiger partial charge in [-0.2, -0.15) is 5.10 Å². The molecule has 17 heavy (non-hydrogen) atoms. The number of nitrogens with zero attached hydrogens (tertiary/aromatic N) is 2. The molecule has 0 bridgehead atoms. The Balaban J connectivity index is 2.26. The number of nitrogen functional groups attached to an aromatic ring is 1. The van der Waals surface area contributed by atoms with Crippen molar-refractivity contribution in [3.05, 3.63) is 24.3 Å². The van der Waals surface area contributed by atoms with Gasteiger partial charge in [-0.15, -0.1) is 0 Å². The average molecular weight is 228 g/mol. The van der Waals surface area contributed by atoms with Crippen LogP contribution in [0.25, 0.3) is 21.9 Å². The minimum atomic E-state index is 0.475. The van der Waals surface area contributed by atoms with E-state index in [0.717, 1.165) is 22.0 Å². The van der Waals surface area contributed by atoms with E-state index in [0.29, 0.717) is 18.1 Å². The van der Waals surface area contributed by atoms with Crippen molar-refractivity contribution in [2.24, 2.45) is 0 Å². The molecule has 0 fully saturated rings. The fraction of sp³-hybridized carbons (Fsp3) is 0.167. The standard InChI is InChI=1S/C12H12N4O/c1-2-17-8-4-3-7-5-9-11(13)15-16-12(9)14-10(7)6-8/h3-6H,2H2,1H3,(H3,13,14,15,16). The highest BCUT2D eigenvalue weighted by Gasteiger charge is 2.06. The number of fused-ring (bicyclic) bond motifs is 2. The lowest BCUT2D eigenvalue weighted by Gasteiger charge is -2.04. The summed E-state index contributed by atoms with van der Waals surface area (Å²) in [5.74, 6) is 1.29. The van der Waals surface area contributed by atoms with Gasteiger partial charge in [0.15, 0.2) is 11.5 Å². The van der Waals surface area contributed by atoms with Gasteiger partial charge in [0.2, 0.25) is 0 Å². The molecule has 0 aliphatic rings. The van der Waals surface area contributed by atoms with Gasteiger partial charge in [-0.1, -0.05) is 0 Å². The van der Waals surface area contributed by atoms with Gasteiger partial charge in [-0.05, 0) is 25.1 Å². The fourth-order valence-electron chi connectivity index (χ4n) is 1.86. The van der Waals surface area contributed by atoms with Crippen molar-refractivity contribution in [1.29, 1.82) is 0 Å². The van der Waals surface area contributed by atoms with E-state index >= 15 is 0 Å². The SMILES string of the molecule is CCOc1ccc2cc3c(N)n[nH]c3nc2c1. The van der Waals surface area contributed by atoms with Gasteiger partial charge in [-0.3, -0.25) is 5.10 Å². The number of aromatic nitrogens is 3. The number of benzene rings is 1. The summed E-state index contributed by atoms with van der Waals surface area (Å²) in [6.07, 6.45) is 0. The van der Waals surface area contributed by atoms with E-state index in [1.54, 1.807) is 0 Å². The number of hydrogen-bond donors (Lipinski definition) is 2. The van der Waals surface area contributed by atoms with Crippen LogP contribution < -0.4 is 10.5 Å². The highest BCUT2D eigenvalue weighted by atomic mass is 16.5. The molecule has 0 atom stereocenters. The maximum Gasteiger partial charge on any atom is 0.158 e. The minimum absolute atomic E-state index is 0.475. The van der Waals surface area contributed by atoms with Crippen molar-refractivity contribution >= 4 is 27.8 Å². The minimum Gasteiger partial charge on any atom is -0.494 e. The van der Waals surface area contributed by atoms with Gasteiger partial charge in [0, 0.05) is 11.5 Å². The molecule has 5 nitrogen and oxygen atoms in total. The Kier molecular flexibility index (Phi) is 2.11. The molecule has 0 amide bonds. The second kappa shape index (κ2) is 3.62. The molecule has 0 saturated carbocycles. The third-order valence-corrected chi connectivity index (χ3v) is 2.66. The van der Waals surface area contributed by atoms with Gasteiger partial charge < -0.3 is 10.5 Å². The molecule has 2 aromatic heterocycles. The molecule has 2 heterocycles. The number of hydrogen-bond acceptors (Lipinski definition) is 4. The highest BCUT2D eigenvalue weighted by Crippen LogP contribution is 2.24. The largest absolute Gasteiger partial charge is 0.494 e. The van der Waals surface area contributed by atoms with E-state index in [2.05, 4.69) is 15.2 Å². The predicted octanol–water partition coefficient (Wildman–Crippen LogP) is 2.09. The van der Waals surface area contributed by atoms with E-state index < -0.39 is 0 Å². The number of pyridine rings is 1. The van der Waals surface area contributed by atoms with Gasteiger partial charge in [0.1, 0.15) is 5.75 Å². The van der Waals surface area contributed by atoms with Crippen LogP contribution in [-0.2, 0) is 0 Å². The monoisotopic (exact) mass is 228 g/mol.